The lowest BCUT2D eigenvalue weighted by Gasteiger charge is -2.07. The molecule has 0 saturated heterocycles. The van der Waals surface area contributed by atoms with Crippen LogP contribution in [0, 0.1) is 5.82 Å². The third-order valence-corrected chi connectivity index (χ3v) is 4.39. The van der Waals surface area contributed by atoms with Crippen molar-refractivity contribution < 1.29 is 12.8 Å². The van der Waals surface area contributed by atoms with Gasteiger partial charge in [-0.2, -0.15) is 5.10 Å². The number of halogens is 1. The summed E-state index contributed by atoms with van der Waals surface area (Å²) < 4.78 is 36.3. The maximum absolute atomic E-state index is 13.9. The second-order valence-corrected chi connectivity index (χ2v) is 6.56. The number of nitrogens with zero attached hydrogens (tertiary/aromatic N) is 1. The van der Waals surface area contributed by atoms with Gasteiger partial charge in [0.1, 0.15) is 10.7 Å². The van der Waals surface area contributed by atoms with E-state index < -0.39 is 20.7 Å². The molecule has 8 heteroatoms. The Morgan fingerprint density at radius 1 is 1.13 bits per heavy atom. The van der Waals surface area contributed by atoms with Gasteiger partial charge in [-0.1, -0.05) is 24.3 Å². The summed E-state index contributed by atoms with van der Waals surface area (Å²) in [5.74, 6) is -0.918. The molecule has 3 N–H and O–H groups in total. The Labute approximate surface area is 130 Å². The number of hydrogen-bond acceptors (Lipinski definition) is 4. The van der Waals surface area contributed by atoms with Crippen LogP contribution in [-0.2, 0) is 16.4 Å². The molecule has 0 spiro atoms. The number of nitrogens with one attached hydrogen (secondary N) is 1. The highest BCUT2D eigenvalue weighted by Crippen LogP contribution is 2.19. The van der Waals surface area contributed by atoms with E-state index in [2.05, 4.69) is 10.2 Å². The normalized spacial score (nSPS) is 11.7. The Balaban J connectivity index is 2.05. The highest BCUT2D eigenvalue weighted by atomic mass is 32.2. The predicted molar refractivity (Wildman–Crippen MR) is 82.9 cm³/mol. The first-order valence-corrected chi connectivity index (χ1v) is 8.18. The van der Waals surface area contributed by atoms with E-state index in [9.17, 15) is 17.6 Å². The molecule has 23 heavy (non-hydrogen) atoms. The number of primary sulfonamides is 1. The first-order valence-electron chi connectivity index (χ1n) is 6.64. The lowest BCUT2D eigenvalue weighted by molar-refractivity contribution is 0.567. The molecule has 0 radical (unpaired) electrons. The second-order valence-electron chi connectivity index (χ2n) is 5.03. The van der Waals surface area contributed by atoms with Crippen molar-refractivity contribution in [1.29, 1.82) is 0 Å². The third-order valence-electron chi connectivity index (χ3n) is 3.45. The van der Waals surface area contributed by atoms with Crippen LogP contribution in [0.25, 0.3) is 10.8 Å². The number of hydrogen-bond donors (Lipinski definition) is 2. The van der Waals surface area contributed by atoms with Crippen molar-refractivity contribution in [2.75, 3.05) is 0 Å². The molecule has 3 rings (SSSR count). The van der Waals surface area contributed by atoms with Crippen LogP contribution in [0.5, 0.6) is 0 Å². The van der Waals surface area contributed by atoms with Gasteiger partial charge in [0.05, 0.1) is 11.1 Å². The molecule has 0 saturated carbocycles. The number of nitrogens with two attached hydrogens (primary N) is 1. The van der Waals surface area contributed by atoms with Gasteiger partial charge in [0, 0.05) is 11.8 Å². The monoisotopic (exact) mass is 333 g/mol. The maximum atomic E-state index is 13.9. The van der Waals surface area contributed by atoms with E-state index in [4.69, 9.17) is 5.14 Å². The summed E-state index contributed by atoms with van der Waals surface area (Å²) in [4.78, 5) is 11.2. The minimum atomic E-state index is -4.10. The average molecular weight is 333 g/mol. The molecule has 0 aliphatic heterocycles. The standard InChI is InChI=1S/C15H12FN3O3S/c16-12-7-9(5-6-14(12)23(17,21)22)8-13-10-3-1-2-4-11(10)15(20)19-18-13/h1-7H,8H2,(H,19,20)(H2,17,21,22). The van der Waals surface area contributed by atoms with Crippen LogP contribution in [-0.4, -0.2) is 18.6 Å². The number of fused-ring (bicyclic) bond motifs is 1. The van der Waals surface area contributed by atoms with Crippen molar-refractivity contribution in [3.8, 4) is 0 Å². The van der Waals surface area contributed by atoms with Gasteiger partial charge in [-0.05, 0) is 23.8 Å². The van der Waals surface area contributed by atoms with Crippen molar-refractivity contribution in [2.24, 2.45) is 5.14 Å². The molecule has 0 unspecified atom stereocenters. The molecule has 2 aromatic carbocycles. The fourth-order valence-corrected chi connectivity index (χ4v) is 2.97. The van der Waals surface area contributed by atoms with Crippen LogP contribution in [0.15, 0.2) is 52.2 Å². The third kappa shape index (κ3) is 2.99. The first kappa shape index (κ1) is 15.3. The molecule has 6 nitrogen and oxygen atoms in total. The molecule has 1 heterocycles. The smallest absolute Gasteiger partial charge is 0.267 e. The van der Waals surface area contributed by atoms with E-state index >= 15 is 0 Å². The molecule has 0 bridgehead atoms. The molecule has 0 aliphatic carbocycles. The largest absolute Gasteiger partial charge is 0.272 e. The van der Waals surface area contributed by atoms with E-state index in [0.29, 0.717) is 22.0 Å². The van der Waals surface area contributed by atoms with Crippen LogP contribution in [0.4, 0.5) is 4.39 Å². The van der Waals surface area contributed by atoms with Crippen LogP contribution in [0.1, 0.15) is 11.3 Å². The van der Waals surface area contributed by atoms with Gasteiger partial charge in [-0.25, -0.2) is 23.0 Å². The SMILES string of the molecule is NS(=O)(=O)c1ccc(Cc2n[nH]c(=O)c3ccccc23)cc1F. The van der Waals surface area contributed by atoms with E-state index in [1.165, 1.54) is 6.07 Å². The van der Waals surface area contributed by atoms with Crippen molar-refractivity contribution in [3.63, 3.8) is 0 Å². The van der Waals surface area contributed by atoms with Crippen molar-refractivity contribution in [2.45, 2.75) is 11.3 Å². The molecule has 0 amide bonds. The van der Waals surface area contributed by atoms with Crippen LogP contribution < -0.4 is 10.7 Å². The van der Waals surface area contributed by atoms with Gasteiger partial charge >= 0.3 is 0 Å². The van der Waals surface area contributed by atoms with Gasteiger partial charge in [0.15, 0.2) is 0 Å². The lowest BCUT2D eigenvalue weighted by Crippen LogP contribution is -2.14. The highest BCUT2D eigenvalue weighted by Gasteiger charge is 2.15. The van der Waals surface area contributed by atoms with E-state index in [-0.39, 0.29) is 12.0 Å². The Kier molecular flexibility index (Phi) is 3.70. The summed E-state index contributed by atoms with van der Waals surface area (Å²) in [6, 6.07) is 10.6. The molecule has 0 fully saturated rings. The minimum absolute atomic E-state index is 0.235. The average Bonchev–Trinajstić information content (AvgIpc) is 2.49. The summed E-state index contributed by atoms with van der Waals surface area (Å²) in [5.41, 5.74) is 0.766. The van der Waals surface area contributed by atoms with Crippen molar-refractivity contribution in [3.05, 3.63) is 69.9 Å². The van der Waals surface area contributed by atoms with Crippen molar-refractivity contribution in [1.82, 2.24) is 10.2 Å². The van der Waals surface area contributed by atoms with Gasteiger partial charge < -0.3 is 0 Å². The zero-order chi connectivity index (χ0) is 16.6. The molecule has 1 aromatic heterocycles. The summed E-state index contributed by atoms with van der Waals surface area (Å²) in [7, 11) is -4.10. The number of aromatic nitrogens is 2. The molecule has 0 atom stereocenters. The summed E-state index contributed by atoms with van der Waals surface area (Å²) >= 11 is 0. The lowest BCUT2D eigenvalue weighted by atomic mass is 10.0. The Hall–Kier alpha value is -2.58. The van der Waals surface area contributed by atoms with Gasteiger partial charge in [-0.3, -0.25) is 4.79 Å². The van der Waals surface area contributed by atoms with E-state index in [1.807, 2.05) is 0 Å². The maximum Gasteiger partial charge on any atom is 0.272 e. The molecule has 0 aliphatic rings. The topological polar surface area (TPSA) is 106 Å². The van der Waals surface area contributed by atoms with Gasteiger partial charge in [0.25, 0.3) is 5.56 Å². The van der Waals surface area contributed by atoms with Crippen LogP contribution >= 0.6 is 0 Å². The summed E-state index contributed by atoms with van der Waals surface area (Å²) in [6.45, 7) is 0. The summed E-state index contributed by atoms with van der Waals surface area (Å²) in [5, 5.41) is 12.5. The fourth-order valence-electron chi connectivity index (χ4n) is 2.38. The molecule has 3 aromatic rings. The Morgan fingerprint density at radius 2 is 1.83 bits per heavy atom. The Morgan fingerprint density at radius 3 is 2.48 bits per heavy atom. The minimum Gasteiger partial charge on any atom is -0.267 e. The number of benzene rings is 2. The van der Waals surface area contributed by atoms with Crippen molar-refractivity contribution >= 4 is 20.8 Å². The number of rotatable bonds is 3. The zero-order valence-electron chi connectivity index (χ0n) is 11.8. The molecular weight excluding hydrogens is 321 g/mol. The Bertz CT molecular complexity index is 1060. The molecular formula is C15H12FN3O3S. The zero-order valence-corrected chi connectivity index (χ0v) is 12.6. The second kappa shape index (κ2) is 5.56. The number of sulfonamides is 1. The van der Waals surface area contributed by atoms with Gasteiger partial charge in [0.2, 0.25) is 10.0 Å². The summed E-state index contributed by atoms with van der Waals surface area (Å²) in [6.07, 6.45) is 0.235. The predicted octanol–water partition coefficient (Wildman–Crippen LogP) is 1.30. The van der Waals surface area contributed by atoms with E-state index in [0.717, 1.165) is 12.1 Å². The van der Waals surface area contributed by atoms with Crippen LogP contribution in [0.3, 0.4) is 0 Å². The van der Waals surface area contributed by atoms with Crippen LogP contribution in [0.2, 0.25) is 0 Å². The first-order chi connectivity index (χ1) is 10.9. The van der Waals surface area contributed by atoms with Gasteiger partial charge in [-0.15, -0.1) is 0 Å². The number of aromatic amines is 1. The molecule has 118 valence electrons. The van der Waals surface area contributed by atoms with E-state index in [1.54, 1.807) is 24.3 Å². The highest BCUT2D eigenvalue weighted by molar-refractivity contribution is 7.89. The quantitative estimate of drug-likeness (QED) is 0.753. The number of H-pyrrole nitrogens is 1. The fraction of sp³-hybridized carbons (Fsp3) is 0.0667.